The highest BCUT2D eigenvalue weighted by Crippen LogP contribution is 2.50. The highest BCUT2D eigenvalue weighted by atomic mass is 16.3. The van der Waals surface area contributed by atoms with Gasteiger partial charge in [0.1, 0.15) is 5.60 Å². The van der Waals surface area contributed by atoms with E-state index < -0.39 is 5.60 Å². The van der Waals surface area contributed by atoms with Gasteiger partial charge >= 0.3 is 0 Å². The number of hydrogen-bond acceptors (Lipinski definition) is 5. The van der Waals surface area contributed by atoms with Crippen molar-refractivity contribution in [2.75, 3.05) is 33.2 Å². The molecule has 2 fully saturated rings. The summed E-state index contributed by atoms with van der Waals surface area (Å²) in [6.45, 7) is 13.7. The molecular formula is C32H43N5O2. The van der Waals surface area contributed by atoms with E-state index in [1.807, 2.05) is 28.2 Å². The Morgan fingerprint density at radius 3 is 2.33 bits per heavy atom. The molecule has 4 heterocycles. The maximum Gasteiger partial charge on any atom is 0.219 e. The van der Waals surface area contributed by atoms with E-state index in [0.717, 1.165) is 67.9 Å². The van der Waals surface area contributed by atoms with Crippen LogP contribution in [-0.4, -0.2) is 68.6 Å². The van der Waals surface area contributed by atoms with E-state index in [0.29, 0.717) is 5.92 Å². The Labute approximate surface area is 232 Å². The second-order valence-electron chi connectivity index (χ2n) is 13.3. The van der Waals surface area contributed by atoms with Crippen molar-refractivity contribution in [1.29, 1.82) is 0 Å². The highest BCUT2D eigenvalue weighted by Gasteiger charge is 2.55. The zero-order valence-corrected chi connectivity index (χ0v) is 24.3. The number of hydrogen-bond donors (Lipinski definition) is 1. The van der Waals surface area contributed by atoms with Crippen LogP contribution in [0.25, 0.3) is 5.69 Å². The zero-order chi connectivity index (χ0) is 28.0. The van der Waals surface area contributed by atoms with Crippen LogP contribution in [0.1, 0.15) is 75.8 Å². The third-order valence-electron chi connectivity index (χ3n) is 8.62. The maximum absolute atomic E-state index is 12.6. The predicted molar refractivity (Wildman–Crippen MR) is 154 cm³/mol. The van der Waals surface area contributed by atoms with Gasteiger partial charge in [-0.05, 0) is 48.9 Å². The van der Waals surface area contributed by atoms with Crippen LogP contribution in [-0.2, 0) is 16.8 Å². The first-order chi connectivity index (χ1) is 18.4. The lowest BCUT2D eigenvalue weighted by atomic mass is 9.62. The molecule has 1 amide bonds. The van der Waals surface area contributed by atoms with Crippen LogP contribution in [0.2, 0.25) is 0 Å². The summed E-state index contributed by atoms with van der Waals surface area (Å²) >= 11 is 0. The van der Waals surface area contributed by atoms with Crippen molar-refractivity contribution in [2.24, 2.45) is 10.8 Å². The van der Waals surface area contributed by atoms with Gasteiger partial charge in [0.05, 0.1) is 23.9 Å². The Hall–Kier alpha value is -3.03. The lowest BCUT2D eigenvalue weighted by Gasteiger charge is -2.55. The van der Waals surface area contributed by atoms with Crippen molar-refractivity contribution < 1.29 is 9.90 Å². The average Bonchev–Trinajstić information content (AvgIpc) is 3.37. The number of rotatable bonds is 6. The third-order valence-corrected chi connectivity index (χ3v) is 8.62. The maximum atomic E-state index is 12.6. The van der Waals surface area contributed by atoms with Crippen LogP contribution in [0.4, 0.5) is 0 Å². The van der Waals surface area contributed by atoms with E-state index in [-0.39, 0.29) is 16.7 Å². The van der Waals surface area contributed by atoms with Gasteiger partial charge in [0.15, 0.2) is 0 Å². The summed E-state index contributed by atoms with van der Waals surface area (Å²) in [5, 5.41) is 12.6. The van der Waals surface area contributed by atoms with Crippen LogP contribution >= 0.6 is 0 Å². The van der Waals surface area contributed by atoms with Crippen molar-refractivity contribution >= 4 is 5.91 Å². The Kier molecular flexibility index (Phi) is 7.18. The Morgan fingerprint density at radius 1 is 1.08 bits per heavy atom. The van der Waals surface area contributed by atoms with Crippen LogP contribution in [0.15, 0.2) is 55.2 Å². The summed E-state index contributed by atoms with van der Waals surface area (Å²) in [4.78, 5) is 25.2. The Morgan fingerprint density at radius 2 is 1.74 bits per heavy atom. The summed E-state index contributed by atoms with van der Waals surface area (Å²) in [5.41, 5.74) is 3.56. The van der Waals surface area contributed by atoms with Gasteiger partial charge in [0.2, 0.25) is 5.91 Å². The second-order valence-corrected chi connectivity index (χ2v) is 13.3. The van der Waals surface area contributed by atoms with E-state index >= 15 is 0 Å². The fourth-order valence-corrected chi connectivity index (χ4v) is 6.66. The predicted octanol–water partition coefficient (Wildman–Crippen LogP) is 4.77. The molecule has 1 atom stereocenters. The summed E-state index contributed by atoms with van der Waals surface area (Å²) < 4.78 is 2.01. The summed E-state index contributed by atoms with van der Waals surface area (Å²) in [6.07, 6.45) is 10.4. The number of carbonyl (C=O) groups is 1. The molecule has 7 nitrogen and oxygen atoms in total. The van der Waals surface area contributed by atoms with E-state index in [9.17, 15) is 9.90 Å². The van der Waals surface area contributed by atoms with Gasteiger partial charge in [-0.25, -0.2) is 4.98 Å². The SMILES string of the molecule is CC(=O)N1CCC(c2cn(-c3cncc(C(O)(c4ccc(CC(C)(C)C)cc4)C4(C)CN(C)C4)c3)cn2)CC1. The molecule has 0 bridgehead atoms. The van der Waals surface area contributed by atoms with Gasteiger partial charge in [-0.1, -0.05) is 52.0 Å². The molecule has 0 radical (unpaired) electrons. The fourth-order valence-electron chi connectivity index (χ4n) is 6.66. The highest BCUT2D eigenvalue weighted by molar-refractivity contribution is 5.73. The fraction of sp³-hybridized carbons (Fsp3) is 0.531. The standard InChI is InChI=1S/C32H43N5O2/c1-23(38)36-13-11-25(12-14-36)29-19-37(22-34-29)28-15-27(17-33-18-28)32(39,31(5)20-35(6)21-31)26-9-7-24(8-10-26)16-30(2,3)4/h7-10,15,17-19,22,25,39H,11-14,16,20-21H2,1-6H3. The number of piperidine rings is 1. The topological polar surface area (TPSA) is 74.5 Å². The number of likely N-dealkylation sites (tertiary alicyclic amines) is 2. The molecule has 5 rings (SSSR count). The number of nitrogens with zero attached hydrogens (tertiary/aromatic N) is 5. The first-order valence-corrected chi connectivity index (χ1v) is 14.1. The first-order valence-electron chi connectivity index (χ1n) is 14.1. The minimum Gasteiger partial charge on any atom is -0.380 e. The van der Waals surface area contributed by atoms with E-state index in [1.54, 1.807) is 6.92 Å². The summed E-state index contributed by atoms with van der Waals surface area (Å²) in [7, 11) is 2.09. The lowest BCUT2D eigenvalue weighted by molar-refractivity contribution is -0.129. The molecule has 0 saturated carbocycles. The normalized spacial score (nSPS) is 19.9. The molecule has 0 aliphatic carbocycles. The molecule has 2 aromatic heterocycles. The molecule has 208 valence electrons. The molecule has 2 aliphatic rings. The molecule has 1 N–H and O–H groups in total. The van der Waals surface area contributed by atoms with Crippen LogP contribution in [0.3, 0.4) is 0 Å². The number of amides is 1. The zero-order valence-electron chi connectivity index (χ0n) is 24.3. The number of aromatic nitrogens is 3. The number of pyridine rings is 1. The van der Waals surface area contributed by atoms with E-state index in [4.69, 9.17) is 4.98 Å². The molecule has 2 aliphatic heterocycles. The number of carbonyl (C=O) groups excluding carboxylic acids is 1. The van der Waals surface area contributed by atoms with Crippen LogP contribution < -0.4 is 0 Å². The molecule has 3 aromatic rings. The second kappa shape index (κ2) is 10.2. The number of imidazole rings is 1. The molecule has 0 spiro atoms. The van der Waals surface area contributed by atoms with Crippen LogP contribution in [0, 0.1) is 10.8 Å². The minimum absolute atomic E-state index is 0.143. The quantitative estimate of drug-likeness (QED) is 0.498. The largest absolute Gasteiger partial charge is 0.380 e. The van der Waals surface area contributed by atoms with Crippen molar-refractivity contribution in [3.8, 4) is 5.69 Å². The molecule has 1 aromatic carbocycles. The van der Waals surface area contributed by atoms with Crippen LogP contribution in [0.5, 0.6) is 0 Å². The van der Waals surface area contributed by atoms with Gasteiger partial charge in [-0.2, -0.15) is 0 Å². The molecule has 7 heteroatoms. The van der Waals surface area contributed by atoms with Gasteiger partial charge in [0.25, 0.3) is 0 Å². The summed E-state index contributed by atoms with van der Waals surface area (Å²) in [5.74, 6) is 0.482. The molecule has 39 heavy (non-hydrogen) atoms. The molecular weight excluding hydrogens is 486 g/mol. The van der Waals surface area contributed by atoms with E-state index in [2.05, 4.69) is 81.2 Å². The van der Waals surface area contributed by atoms with Gasteiger partial charge in [-0.3, -0.25) is 9.78 Å². The lowest BCUT2D eigenvalue weighted by Crippen LogP contribution is -2.63. The van der Waals surface area contributed by atoms with Crippen molar-refractivity contribution in [3.05, 3.63) is 77.6 Å². The first kappa shape index (κ1) is 27.5. The average molecular weight is 530 g/mol. The Bertz CT molecular complexity index is 1310. The van der Waals surface area contributed by atoms with Crippen molar-refractivity contribution in [3.63, 3.8) is 0 Å². The molecule has 2 saturated heterocycles. The smallest absolute Gasteiger partial charge is 0.219 e. The van der Waals surface area contributed by atoms with Crippen molar-refractivity contribution in [1.82, 2.24) is 24.3 Å². The van der Waals surface area contributed by atoms with Gasteiger partial charge < -0.3 is 19.5 Å². The Balaban J connectivity index is 1.45. The number of aliphatic hydroxyl groups is 1. The van der Waals surface area contributed by atoms with Gasteiger partial charge in [-0.15, -0.1) is 0 Å². The molecule has 1 unspecified atom stereocenters. The summed E-state index contributed by atoms with van der Waals surface area (Å²) in [6, 6.07) is 10.6. The van der Waals surface area contributed by atoms with Crippen molar-refractivity contribution in [2.45, 2.75) is 65.4 Å². The van der Waals surface area contributed by atoms with E-state index in [1.165, 1.54) is 5.56 Å². The third kappa shape index (κ3) is 5.39. The minimum atomic E-state index is -1.19. The van der Waals surface area contributed by atoms with Gasteiger partial charge in [0, 0.05) is 62.4 Å². The number of benzene rings is 1. The monoisotopic (exact) mass is 529 g/mol.